The molecule has 43 heavy (non-hydrogen) atoms. The number of Topliss-reactive ketones (excluding diaryl/α,β-unsaturated/α-hetero) is 1. The maximum Gasteiger partial charge on any atom is 0.336 e. The van der Waals surface area contributed by atoms with Gasteiger partial charge in [0.25, 0.3) is 0 Å². The van der Waals surface area contributed by atoms with Gasteiger partial charge in [-0.1, -0.05) is 90.4 Å². The average molecular weight is 611 g/mol. The Bertz CT molecular complexity index is 810. The van der Waals surface area contributed by atoms with Crippen LogP contribution in [0.3, 0.4) is 0 Å². The van der Waals surface area contributed by atoms with E-state index in [2.05, 4.69) is 6.92 Å². The molecule has 2 heterocycles. The van der Waals surface area contributed by atoms with Crippen LogP contribution in [0.5, 0.6) is 0 Å². The van der Waals surface area contributed by atoms with E-state index in [4.69, 9.17) is 9.47 Å². The molecule has 0 amide bonds. The first kappa shape index (κ1) is 37.9. The zero-order valence-corrected chi connectivity index (χ0v) is 27.1. The molecule has 0 aromatic rings. The zero-order valence-electron chi connectivity index (χ0n) is 27.1. The molecule has 0 radical (unpaired) electrons. The van der Waals surface area contributed by atoms with E-state index < -0.39 is 30.1 Å². The van der Waals surface area contributed by atoms with Crippen molar-refractivity contribution in [3.8, 4) is 0 Å². The van der Waals surface area contributed by atoms with Crippen molar-refractivity contribution in [1.82, 2.24) is 0 Å². The Morgan fingerprint density at radius 2 is 1.28 bits per heavy atom. The van der Waals surface area contributed by atoms with Crippen molar-refractivity contribution >= 4 is 11.8 Å². The normalized spacial score (nSPS) is 24.1. The van der Waals surface area contributed by atoms with Gasteiger partial charge in [0.05, 0.1) is 30.5 Å². The third-order valence-corrected chi connectivity index (χ3v) is 8.95. The van der Waals surface area contributed by atoms with Crippen molar-refractivity contribution in [3.05, 3.63) is 11.6 Å². The van der Waals surface area contributed by atoms with E-state index in [1.54, 1.807) is 0 Å². The molecule has 2 rings (SSSR count). The number of ketones is 1. The summed E-state index contributed by atoms with van der Waals surface area (Å²) in [6.45, 7) is 3.64. The number of rotatable bonds is 26. The number of aliphatic hydroxyl groups excluding tert-OH is 3. The van der Waals surface area contributed by atoms with E-state index in [9.17, 15) is 30.0 Å². The minimum Gasteiger partial charge on any atom is -0.426 e. The molecule has 250 valence electrons. The first-order valence-corrected chi connectivity index (χ1v) is 17.5. The van der Waals surface area contributed by atoms with Crippen molar-refractivity contribution in [2.45, 2.75) is 198 Å². The lowest BCUT2D eigenvalue weighted by Crippen LogP contribution is -2.31. The second-order valence-corrected chi connectivity index (χ2v) is 13.3. The summed E-state index contributed by atoms with van der Waals surface area (Å²) in [7, 11) is 0. The van der Waals surface area contributed by atoms with Crippen LogP contribution in [0.2, 0.25) is 0 Å². The summed E-state index contributed by atoms with van der Waals surface area (Å²) in [5, 5.41) is 41.1. The van der Waals surface area contributed by atoms with Crippen molar-refractivity contribution in [2.75, 3.05) is 0 Å². The van der Waals surface area contributed by atoms with E-state index in [1.165, 1.54) is 64.4 Å². The molecule has 1 saturated heterocycles. The maximum absolute atomic E-state index is 12.3. The minimum atomic E-state index is -1.58. The molecule has 0 unspecified atom stereocenters. The van der Waals surface area contributed by atoms with Crippen molar-refractivity contribution in [3.63, 3.8) is 0 Å². The van der Waals surface area contributed by atoms with Gasteiger partial charge in [-0.3, -0.25) is 4.79 Å². The standard InChI is InChI=1S/C35H62O8/c1-3-4-5-6-7-8-9-10-11-16-21-30(38)32-23-24-33(42-32)31(39)22-17-20-28(36)18-14-12-13-15-19-29(37)25-27-26-35(2,41)43-34(27)40/h26,29-33,37-39,41H,3-25H2,1-2H3/t29-,30-,31-,32-,33-,35-/m1/s1. The van der Waals surface area contributed by atoms with Gasteiger partial charge in [0.2, 0.25) is 5.79 Å². The Morgan fingerprint density at radius 3 is 1.84 bits per heavy atom. The van der Waals surface area contributed by atoms with Crippen molar-refractivity contribution in [2.24, 2.45) is 0 Å². The van der Waals surface area contributed by atoms with Gasteiger partial charge in [0.1, 0.15) is 5.78 Å². The zero-order chi connectivity index (χ0) is 31.5. The third kappa shape index (κ3) is 16.5. The SMILES string of the molecule is CCCCCCCCCCCC[C@@H](O)[C@H]1CC[C@H]([C@H](O)CCCC(=O)CCCCCC[C@@H](O)CC2=C[C@](C)(O)OC2=O)O1. The van der Waals surface area contributed by atoms with E-state index in [1.807, 2.05) is 0 Å². The monoisotopic (exact) mass is 610 g/mol. The lowest BCUT2D eigenvalue weighted by Gasteiger charge is -2.22. The highest BCUT2D eigenvalue weighted by atomic mass is 16.7. The Balaban J connectivity index is 1.43. The number of unbranched alkanes of at least 4 members (excludes halogenated alkanes) is 12. The van der Waals surface area contributed by atoms with E-state index in [0.29, 0.717) is 37.7 Å². The average Bonchev–Trinajstić information content (AvgIpc) is 3.55. The topological polar surface area (TPSA) is 134 Å². The van der Waals surface area contributed by atoms with Gasteiger partial charge < -0.3 is 29.9 Å². The van der Waals surface area contributed by atoms with E-state index >= 15 is 0 Å². The number of carbonyl (C=O) groups excluding carboxylic acids is 2. The highest BCUT2D eigenvalue weighted by Crippen LogP contribution is 2.29. The number of ether oxygens (including phenoxy) is 2. The fraction of sp³-hybridized carbons (Fsp3) is 0.886. The van der Waals surface area contributed by atoms with E-state index in [-0.39, 0.29) is 24.4 Å². The highest BCUT2D eigenvalue weighted by Gasteiger charge is 2.35. The first-order chi connectivity index (χ1) is 20.6. The van der Waals surface area contributed by atoms with Crippen LogP contribution in [0.15, 0.2) is 11.6 Å². The molecule has 2 aliphatic heterocycles. The van der Waals surface area contributed by atoms with Crippen LogP contribution in [-0.2, 0) is 19.1 Å². The largest absolute Gasteiger partial charge is 0.426 e. The predicted octanol–water partition coefficient (Wildman–Crippen LogP) is 6.59. The highest BCUT2D eigenvalue weighted by molar-refractivity contribution is 5.91. The quantitative estimate of drug-likeness (QED) is 0.0637. The summed E-state index contributed by atoms with van der Waals surface area (Å²) in [6, 6.07) is 0. The molecule has 8 nitrogen and oxygen atoms in total. The summed E-state index contributed by atoms with van der Waals surface area (Å²) in [5.74, 6) is -1.95. The second kappa shape index (κ2) is 21.4. The molecule has 0 aliphatic carbocycles. The van der Waals surface area contributed by atoms with Gasteiger partial charge in [-0.05, 0) is 51.0 Å². The molecule has 0 bridgehead atoms. The number of carbonyl (C=O) groups is 2. The molecule has 2 aliphatic rings. The van der Waals surface area contributed by atoms with Gasteiger partial charge in [-0.15, -0.1) is 0 Å². The molecule has 4 N–H and O–H groups in total. The fourth-order valence-corrected chi connectivity index (χ4v) is 6.32. The number of cyclic esters (lactones) is 1. The van der Waals surface area contributed by atoms with Gasteiger partial charge in [0.15, 0.2) is 0 Å². The van der Waals surface area contributed by atoms with Crippen molar-refractivity contribution < 1.29 is 39.5 Å². The third-order valence-electron chi connectivity index (χ3n) is 8.95. The summed E-state index contributed by atoms with van der Waals surface area (Å²) < 4.78 is 10.8. The summed E-state index contributed by atoms with van der Waals surface area (Å²) >= 11 is 0. The Labute approximate surface area is 260 Å². The Morgan fingerprint density at radius 1 is 0.791 bits per heavy atom. The van der Waals surface area contributed by atoms with Crippen molar-refractivity contribution in [1.29, 1.82) is 0 Å². The van der Waals surface area contributed by atoms with E-state index in [0.717, 1.165) is 57.8 Å². The molecule has 0 spiro atoms. The number of esters is 1. The number of hydrogen-bond donors (Lipinski definition) is 4. The molecule has 0 saturated carbocycles. The summed E-state index contributed by atoms with van der Waals surface area (Å²) in [5.41, 5.74) is 0.310. The Kier molecular flexibility index (Phi) is 18.9. The van der Waals surface area contributed by atoms with Crippen LogP contribution < -0.4 is 0 Å². The summed E-state index contributed by atoms with van der Waals surface area (Å²) in [4.78, 5) is 24.0. The number of hydrogen-bond acceptors (Lipinski definition) is 8. The van der Waals surface area contributed by atoms with Gasteiger partial charge in [-0.2, -0.15) is 0 Å². The van der Waals surface area contributed by atoms with Crippen LogP contribution in [0.25, 0.3) is 0 Å². The molecule has 8 heteroatoms. The molecule has 6 atom stereocenters. The molecule has 1 fully saturated rings. The molecule has 0 aromatic carbocycles. The minimum absolute atomic E-state index is 0.172. The van der Waals surface area contributed by atoms with Crippen LogP contribution in [-0.4, -0.2) is 68.5 Å². The van der Waals surface area contributed by atoms with Gasteiger partial charge >= 0.3 is 5.97 Å². The Hall–Kier alpha value is -1.32. The molecular formula is C35H62O8. The smallest absolute Gasteiger partial charge is 0.336 e. The van der Waals surface area contributed by atoms with Gasteiger partial charge in [-0.25, -0.2) is 4.79 Å². The number of aliphatic hydroxyl groups is 4. The predicted molar refractivity (Wildman–Crippen MR) is 168 cm³/mol. The molecule has 0 aromatic heterocycles. The van der Waals surface area contributed by atoms with Crippen LogP contribution in [0, 0.1) is 0 Å². The second-order valence-electron chi connectivity index (χ2n) is 13.3. The van der Waals surface area contributed by atoms with Crippen LogP contribution in [0.4, 0.5) is 0 Å². The lowest BCUT2D eigenvalue weighted by molar-refractivity contribution is -0.173. The summed E-state index contributed by atoms with van der Waals surface area (Å²) in [6.07, 6.45) is 20.6. The maximum atomic E-state index is 12.3. The first-order valence-electron chi connectivity index (χ1n) is 17.5. The molecular weight excluding hydrogens is 548 g/mol. The van der Waals surface area contributed by atoms with Crippen LogP contribution in [0.1, 0.15) is 162 Å². The van der Waals surface area contributed by atoms with Gasteiger partial charge in [0, 0.05) is 31.8 Å². The van der Waals surface area contributed by atoms with Crippen LogP contribution >= 0.6 is 0 Å². The fourth-order valence-electron chi connectivity index (χ4n) is 6.32. The lowest BCUT2D eigenvalue weighted by atomic mass is 9.99.